The molecule has 1 aliphatic carbocycles. The van der Waals surface area contributed by atoms with Crippen molar-refractivity contribution in [2.24, 2.45) is 5.41 Å². The van der Waals surface area contributed by atoms with Crippen molar-refractivity contribution < 1.29 is 14.3 Å². The molecule has 1 aliphatic heterocycles. The minimum atomic E-state index is 0.197. The average Bonchev–Trinajstić information content (AvgIpc) is 3.06. The largest absolute Gasteiger partial charge is 0.385 e. The Hall–Kier alpha value is -1.02. The second-order valence-electron chi connectivity index (χ2n) is 6.99. The Balaban J connectivity index is 1.52. The van der Waals surface area contributed by atoms with Crippen LogP contribution in [0, 0.1) is 5.41 Å². The second-order valence-corrected chi connectivity index (χ2v) is 7.97. The van der Waals surface area contributed by atoms with Crippen LogP contribution in [0.25, 0.3) is 0 Å². The lowest BCUT2D eigenvalue weighted by Gasteiger charge is -2.29. The summed E-state index contributed by atoms with van der Waals surface area (Å²) in [6.07, 6.45) is 6.62. The summed E-state index contributed by atoms with van der Waals surface area (Å²) in [6.45, 7) is 4.60. The third-order valence-electron chi connectivity index (χ3n) is 5.33. The van der Waals surface area contributed by atoms with E-state index in [1.54, 1.807) is 18.4 Å². The van der Waals surface area contributed by atoms with Gasteiger partial charge in [-0.15, -0.1) is 11.3 Å². The topological polar surface area (TPSA) is 63.7 Å². The fourth-order valence-corrected chi connectivity index (χ4v) is 4.40. The maximum atomic E-state index is 12.8. The van der Waals surface area contributed by atoms with Gasteiger partial charge in [0, 0.05) is 37.9 Å². The van der Waals surface area contributed by atoms with Gasteiger partial charge in [-0.05, 0) is 44.2 Å². The highest BCUT2D eigenvalue weighted by molar-refractivity contribution is 7.09. The molecule has 25 heavy (non-hydrogen) atoms. The number of carbonyl (C=O) groups excluding carboxylic acids is 1. The Bertz CT molecular complexity index is 532. The van der Waals surface area contributed by atoms with Crippen molar-refractivity contribution in [2.45, 2.75) is 44.7 Å². The zero-order valence-corrected chi connectivity index (χ0v) is 15.9. The Labute approximate surface area is 153 Å². The molecule has 1 amide bonds. The number of nitrogens with one attached hydrogen (secondary N) is 1. The number of rotatable bonds is 10. The first-order chi connectivity index (χ1) is 12.2. The van der Waals surface area contributed by atoms with Crippen molar-refractivity contribution in [3.05, 3.63) is 16.6 Å². The molecular weight excluding hydrogens is 338 g/mol. The number of carbonyl (C=O) groups is 1. The molecule has 1 atom stereocenters. The first-order valence-electron chi connectivity index (χ1n) is 9.20. The molecule has 1 saturated carbocycles. The average molecular weight is 368 g/mol. The van der Waals surface area contributed by atoms with Gasteiger partial charge in [0.25, 0.3) is 0 Å². The molecule has 1 N–H and O–H groups in total. The molecule has 1 aromatic rings. The third kappa shape index (κ3) is 5.00. The molecule has 1 saturated heterocycles. The van der Waals surface area contributed by atoms with E-state index in [1.807, 2.05) is 11.6 Å². The predicted octanol–water partition coefficient (Wildman–Crippen LogP) is 2.06. The molecule has 3 rings (SSSR count). The van der Waals surface area contributed by atoms with Gasteiger partial charge < -0.3 is 19.7 Å². The van der Waals surface area contributed by atoms with Crippen molar-refractivity contribution in [2.75, 3.05) is 40.0 Å². The van der Waals surface area contributed by atoms with E-state index >= 15 is 0 Å². The molecule has 2 heterocycles. The summed E-state index contributed by atoms with van der Waals surface area (Å²) in [6, 6.07) is 0.375. The smallest absolute Gasteiger partial charge is 0.225 e. The summed E-state index contributed by atoms with van der Waals surface area (Å²) in [4.78, 5) is 19.3. The third-order valence-corrected chi connectivity index (χ3v) is 6.09. The summed E-state index contributed by atoms with van der Waals surface area (Å²) < 4.78 is 10.6. The summed E-state index contributed by atoms with van der Waals surface area (Å²) >= 11 is 1.62. The molecule has 6 nitrogen and oxygen atoms in total. The van der Waals surface area contributed by atoms with Gasteiger partial charge in [0.15, 0.2) is 0 Å². The summed E-state index contributed by atoms with van der Waals surface area (Å²) in [7, 11) is 1.69. The van der Waals surface area contributed by atoms with Crippen molar-refractivity contribution in [1.29, 1.82) is 0 Å². The Morgan fingerprint density at radius 2 is 2.24 bits per heavy atom. The zero-order valence-electron chi connectivity index (χ0n) is 15.0. The summed E-state index contributed by atoms with van der Waals surface area (Å²) in [5.41, 5.74) is 0.345. The molecule has 0 bridgehead atoms. The fraction of sp³-hybridized carbons (Fsp3) is 0.778. The van der Waals surface area contributed by atoms with Gasteiger partial charge >= 0.3 is 0 Å². The van der Waals surface area contributed by atoms with Crippen molar-refractivity contribution >= 4 is 17.2 Å². The highest BCUT2D eigenvalue weighted by atomic mass is 32.1. The number of thiazole rings is 1. The number of hydrogen-bond acceptors (Lipinski definition) is 6. The first kappa shape index (κ1) is 18.8. The molecule has 0 aromatic carbocycles. The number of amides is 1. The van der Waals surface area contributed by atoms with Gasteiger partial charge in [-0.1, -0.05) is 0 Å². The zero-order chi connectivity index (χ0) is 17.5. The van der Waals surface area contributed by atoms with Gasteiger partial charge in [-0.25, -0.2) is 4.98 Å². The maximum Gasteiger partial charge on any atom is 0.225 e. The van der Waals surface area contributed by atoms with Crippen LogP contribution in [0.4, 0.5) is 0 Å². The molecule has 7 heteroatoms. The highest BCUT2D eigenvalue weighted by Gasteiger charge is 2.57. The van der Waals surface area contributed by atoms with Crippen LogP contribution in [0.2, 0.25) is 0 Å². The molecule has 2 fully saturated rings. The van der Waals surface area contributed by atoms with E-state index in [0.29, 0.717) is 44.2 Å². The van der Waals surface area contributed by atoms with Crippen LogP contribution in [-0.2, 0) is 20.8 Å². The first-order valence-corrected chi connectivity index (χ1v) is 10.1. The van der Waals surface area contributed by atoms with E-state index < -0.39 is 0 Å². The number of hydrogen-bond donors (Lipinski definition) is 1. The Morgan fingerprint density at radius 3 is 2.96 bits per heavy atom. The lowest BCUT2D eigenvalue weighted by molar-refractivity contribution is -0.134. The molecular formula is C18H29N3O3S. The van der Waals surface area contributed by atoms with Crippen molar-refractivity contribution in [3.63, 3.8) is 0 Å². The van der Waals surface area contributed by atoms with E-state index in [-0.39, 0.29) is 5.91 Å². The van der Waals surface area contributed by atoms with Crippen LogP contribution in [0.5, 0.6) is 0 Å². The number of piperidine rings is 1. The van der Waals surface area contributed by atoms with E-state index in [2.05, 4.69) is 15.2 Å². The SMILES string of the molecule is COCCCOCCC(=O)N(Cc1nccs1)C1CC12CCNCC2. The summed E-state index contributed by atoms with van der Waals surface area (Å²) in [5, 5.41) is 6.42. The second kappa shape index (κ2) is 9.07. The Kier molecular flexibility index (Phi) is 6.81. The van der Waals surface area contributed by atoms with Gasteiger partial charge in [-0.3, -0.25) is 4.79 Å². The number of aromatic nitrogens is 1. The normalized spacial score (nSPS) is 21.4. The van der Waals surface area contributed by atoms with Crippen LogP contribution in [0.1, 0.15) is 37.1 Å². The van der Waals surface area contributed by atoms with E-state index in [1.165, 1.54) is 12.8 Å². The van der Waals surface area contributed by atoms with Crippen molar-refractivity contribution in [1.82, 2.24) is 15.2 Å². The lowest BCUT2D eigenvalue weighted by Crippen LogP contribution is -2.39. The molecule has 0 radical (unpaired) electrons. The molecule has 1 unspecified atom stereocenters. The molecule has 2 aliphatic rings. The van der Waals surface area contributed by atoms with Gasteiger partial charge in [0.05, 0.1) is 19.6 Å². The highest BCUT2D eigenvalue weighted by Crippen LogP contribution is 2.56. The van der Waals surface area contributed by atoms with E-state index in [4.69, 9.17) is 9.47 Å². The van der Waals surface area contributed by atoms with Gasteiger partial charge in [0.1, 0.15) is 5.01 Å². The molecule has 1 aromatic heterocycles. The van der Waals surface area contributed by atoms with Crippen molar-refractivity contribution in [3.8, 4) is 0 Å². The minimum absolute atomic E-state index is 0.197. The number of nitrogens with zero attached hydrogens (tertiary/aromatic N) is 2. The van der Waals surface area contributed by atoms with Crippen LogP contribution in [0.15, 0.2) is 11.6 Å². The maximum absolute atomic E-state index is 12.8. The molecule has 140 valence electrons. The van der Waals surface area contributed by atoms with Crippen LogP contribution in [-0.4, -0.2) is 61.9 Å². The van der Waals surface area contributed by atoms with E-state index in [0.717, 1.165) is 30.9 Å². The quantitative estimate of drug-likeness (QED) is 0.641. The van der Waals surface area contributed by atoms with Gasteiger partial charge in [0.2, 0.25) is 5.91 Å². The lowest BCUT2D eigenvalue weighted by atomic mass is 9.93. The van der Waals surface area contributed by atoms with Crippen LogP contribution in [0.3, 0.4) is 0 Å². The fourth-order valence-electron chi connectivity index (χ4n) is 3.79. The van der Waals surface area contributed by atoms with E-state index in [9.17, 15) is 4.79 Å². The van der Waals surface area contributed by atoms with Gasteiger partial charge in [-0.2, -0.15) is 0 Å². The number of methoxy groups -OCH3 is 1. The molecule has 1 spiro atoms. The van der Waals surface area contributed by atoms with Crippen LogP contribution >= 0.6 is 11.3 Å². The number of ether oxygens (including phenoxy) is 2. The van der Waals surface area contributed by atoms with Crippen LogP contribution < -0.4 is 5.32 Å². The minimum Gasteiger partial charge on any atom is -0.385 e. The Morgan fingerprint density at radius 1 is 1.40 bits per heavy atom. The summed E-state index contributed by atoms with van der Waals surface area (Å²) in [5.74, 6) is 0.197. The monoisotopic (exact) mass is 367 g/mol. The predicted molar refractivity (Wildman–Crippen MR) is 97.5 cm³/mol. The standard InChI is InChI=1S/C18H29N3O3S/c1-23-9-2-10-24-11-3-17(22)21(14-16-20-8-12-25-16)15-13-18(15)4-6-19-7-5-18/h8,12,15,19H,2-7,9-11,13-14H2,1H3.